The zero-order valence-electron chi connectivity index (χ0n) is 16.9. The van der Waals surface area contributed by atoms with Gasteiger partial charge in [-0.05, 0) is 44.2 Å². The van der Waals surface area contributed by atoms with Gasteiger partial charge >= 0.3 is 6.03 Å². The Hall–Kier alpha value is -2.23. The summed E-state index contributed by atoms with van der Waals surface area (Å²) in [7, 11) is 0. The van der Waals surface area contributed by atoms with Crippen molar-refractivity contribution >= 4 is 17.6 Å². The minimum Gasteiger partial charge on any atom is -0.394 e. The van der Waals surface area contributed by atoms with Crippen molar-refractivity contribution in [3.63, 3.8) is 0 Å². The van der Waals surface area contributed by atoms with Crippen LogP contribution in [0.15, 0.2) is 24.3 Å². The smallest absolute Gasteiger partial charge is 0.319 e. The molecule has 0 unspecified atom stereocenters. The molecule has 30 heavy (non-hydrogen) atoms. The predicted molar refractivity (Wildman–Crippen MR) is 108 cm³/mol. The molecule has 2 fully saturated rings. The highest BCUT2D eigenvalue weighted by molar-refractivity contribution is 5.89. The van der Waals surface area contributed by atoms with E-state index in [1.54, 1.807) is 12.1 Å². The molecule has 0 radical (unpaired) electrons. The lowest BCUT2D eigenvalue weighted by atomic mass is 9.96. The molecule has 0 saturated carbocycles. The average molecular weight is 423 g/mol. The van der Waals surface area contributed by atoms with Crippen LogP contribution in [0.4, 0.5) is 14.9 Å². The van der Waals surface area contributed by atoms with Crippen LogP contribution in [-0.4, -0.2) is 61.7 Å². The van der Waals surface area contributed by atoms with Crippen LogP contribution in [0.3, 0.4) is 0 Å². The van der Waals surface area contributed by atoms with Crippen molar-refractivity contribution in [3.05, 3.63) is 30.1 Å². The fraction of sp³-hybridized carbons (Fsp3) is 0.619. The number of amides is 3. The Morgan fingerprint density at radius 3 is 2.63 bits per heavy atom. The van der Waals surface area contributed by atoms with Crippen LogP contribution in [0.25, 0.3) is 0 Å². The molecule has 3 amide bonds. The number of ether oxygens (including phenoxy) is 2. The van der Waals surface area contributed by atoms with Crippen LogP contribution in [0.5, 0.6) is 0 Å². The largest absolute Gasteiger partial charge is 0.394 e. The Kier molecular flexibility index (Phi) is 8.41. The summed E-state index contributed by atoms with van der Waals surface area (Å²) in [6.07, 6.45) is 2.79. The van der Waals surface area contributed by atoms with Crippen LogP contribution in [0, 0.1) is 11.7 Å². The molecule has 166 valence electrons. The van der Waals surface area contributed by atoms with Gasteiger partial charge < -0.3 is 30.5 Å². The summed E-state index contributed by atoms with van der Waals surface area (Å²) in [4.78, 5) is 24.4. The van der Waals surface area contributed by atoms with E-state index in [4.69, 9.17) is 9.47 Å². The number of para-hydroxylation sites is 1. The molecular formula is C21H30FN3O5. The second-order valence-electron chi connectivity index (χ2n) is 7.71. The fourth-order valence-electron chi connectivity index (χ4n) is 3.86. The van der Waals surface area contributed by atoms with Crippen LogP contribution in [0.1, 0.15) is 32.1 Å². The summed E-state index contributed by atoms with van der Waals surface area (Å²) in [5.41, 5.74) is 0.0884. The van der Waals surface area contributed by atoms with Crippen molar-refractivity contribution in [2.24, 2.45) is 5.92 Å². The lowest BCUT2D eigenvalue weighted by Gasteiger charge is -2.36. The number of halogens is 1. The van der Waals surface area contributed by atoms with Crippen molar-refractivity contribution in [3.8, 4) is 0 Å². The summed E-state index contributed by atoms with van der Waals surface area (Å²) in [5, 5.41) is 17.9. The van der Waals surface area contributed by atoms with E-state index in [0.29, 0.717) is 39.0 Å². The second-order valence-corrected chi connectivity index (χ2v) is 7.71. The first-order chi connectivity index (χ1) is 14.6. The van der Waals surface area contributed by atoms with Crippen LogP contribution in [0.2, 0.25) is 0 Å². The third kappa shape index (κ3) is 6.38. The molecule has 8 nitrogen and oxygen atoms in total. The molecule has 2 saturated heterocycles. The third-order valence-electron chi connectivity index (χ3n) is 5.59. The Balaban J connectivity index is 1.40. The van der Waals surface area contributed by atoms with E-state index in [9.17, 15) is 19.1 Å². The predicted octanol–water partition coefficient (Wildman–Crippen LogP) is 1.79. The number of anilines is 1. The summed E-state index contributed by atoms with van der Waals surface area (Å²) in [6.45, 7) is 1.52. The van der Waals surface area contributed by atoms with Crippen molar-refractivity contribution in [2.75, 3.05) is 31.7 Å². The van der Waals surface area contributed by atoms with Crippen LogP contribution in [-0.2, 0) is 14.3 Å². The van der Waals surface area contributed by atoms with Gasteiger partial charge in [-0.2, -0.15) is 0 Å². The number of urea groups is 1. The first-order valence-electron chi connectivity index (χ1n) is 10.5. The van der Waals surface area contributed by atoms with E-state index in [1.165, 1.54) is 12.1 Å². The molecule has 3 rings (SSSR count). The minimum atomic E-state index is -0.554. The Labute approximate surface area is 175 Å². The van der Waals surface area contributed by atoms with E-state index >= 15 is 0 Å². The van der Waals surface area contributed by atoms with E-state index in [0.717, 1.165) is 12.8 Å². The van der Waals surface area contributed by atoms with Gasteiger partial charge in [-0.3, -0.25) is 4.79 Å². The Bertz CT molecular complexity index is 714. The lowest BCUT2D eigenvalue weighted by molar-refractivity contribution is -0.128. The van der Waals surface area contributed by atoms with Crippen molar-refractivity contribution in [1.82, 2.24) is 10.6 Å². The second kappa shape index (κ2) is 11.2. The van der Waals surface area contributed by atoms with Crippen molar-refractivity contribution in [2.45, 2.75) is 50.4 Å². The molecule has 1 aromatic carbocycles. The quantitative estimate of drug-likeness (QED) is 0.535. The molecule has 0 bridgehead atoms. The fourth-order valence-corrected chi connectivity index (χ4v) is 3.86. The number of aliphatic hydroxyl groups is 1. The maximum atomic E-state index is 13.7. The maximum Gasteiger partial charge on any atom is 0.319 e. The first-order valence-corrected chi connectivity index (χ1v) is 10.5. The third-order valence-corrected chi connectivity index (χ3v) is 5.59. The molecule has 2 aliphatic heterocycles. The molecule has 3 atom stereocenters. The van der Waals surface area contributed by atoms with Crippen LogP contribution >= 0.6 is 0 Å². The van der Waals surface area contributed by atoms with Gasteiger partial charge in [0.05, 0.1) is 24.4 Å². The molecule has 2 heterocycles. The normalized spacial score (nSPS) is 24.8. The zero-order chi connectivity index (χ0) is 21.3. The number of hydrogen-bond donors (Lipinski definition) is 4. The first kappa shape index (κ1) is 22.5. The topological polar surface area (TPSA) is 109 Å². The van der Waals surface area contributed by atoms with Crippen molar-refractivity contribution in [1.29, 1.82) is 0 Å². The highest BCUT2D eigenvalue weighted by atomic mass is 19.1. The summed E-state index contributed by atoms with van der Waals surface area (Å²) in [6, 6.07) is 4.98. The van der Waals surface area contributed by atoms with Gasteiger partial charge in [0.15, 0.2) is 0 Å². The molecular weight excluding hydrogens is 393 g/mol. The number of nitrogens with one attached hydrogen (secondary N) is 3. The van der Waals surface area contributed by atoms with Crippen molar-refractivity contribution < 1.29 is 28.6 Å². The monoisotopic (exact) mass is 423 g/mol. The highest BCUT2D eigenvalue weighted by Gasteiger charge is 2.32. The molecule has 4 N–H and O–H groups in total. The molecule has 9 heteroatoms. The van der Waals surface area contributed by atoms with Gasteiger partial charge in [-0.1, -0.05) is 12.1 Å². The van der Waals surface area contributed by atoms with Gasteiger partial charge in [0.2, 0.25) is 5.91 Å². The Morgan fingerprint density at radius 1 is 1.13 bits per heavy atom. The maximum absolute atomic E-state index is 13.7. The standard InChI is InChI=1S/C21H30FN3O5/c22-16-3-1-2-4-17(16)24-21(28)25-18-6-5-15(30-19(18)13-26)7-10-23-20(27)14-8-11-29-12-9-14/h1-4,14-15,18-19,26H,5-13H2,(H,23,27)(H2,24,25,28)/t15-,18+,19+/m1/s1. The van der Waals surface area contributed by atoms with E-state index < -0.39 is 18.0 Å². The lowest BCUT2D eigenvalue weighted by Crippen LogP contribution is -2.52. The van der Waals surface area contributed by atoms with Crippen LogP contribution < -0.4 is 16.0 Å². The van der Waals surface area contributed by atoms with E-state index in [2.05, 4.69) is 16.0 Å². The highest BCUT2D eigenvalue weighted by Crippen LogP contribution is 2.22. The number of benzene rings is 1. The molecule has 0 aromatic heterocycles. The average Bonchev–Trinajstić information content (AvgIpc) is 2.76. The summed E-state index contributed by atoms with van der Waals surface area (Å²) in [5.74, 6) is -0.455. The number of hydrogen-bond acceptors (Lipinski definition) is 5. The molecule has 2 aliphatic rings. The summed E-state index contributed by atoms with van der Waals surface area (Å²) >= 11 is 0. The van der Waals surface area contributed by atoms with Gasteiger partial charge in [0, 0.05) is 25.7 Å². The van der Waals surface area contributed by atoms with Gasteiger partial charge in [-0.15, -0.1) is 0 Å². The van der Waals surface area contributed by atoms with E-state index in [-0.39, 0.29) is 36.3 Å². The number of aliphatic hydroxyl groups excluding tert-OH is 1. The number of carbonyl (C=O) groups excluding carboxylic acids is 2. The van der Waals surface area contributed by atoms with Gasteiger partial charge in [0.25, 0.3) is 0 Å². The summed E-state index contributed by atoms with van der Waals surface area (Å²) < 4.78 is 24.9. The number of rotatable bonds is 7. The SMILES string of the molecule is O=C(Nc1ccccc1F)N[C@H]1CC[C@H](CCNC(=O)C2CCOCC2)O[C@H]1CO. The Morgan fingerprint density at radius 2 is 1.90 bits per heavy atom. The van der Waals surface area contributed by atoms with Gasteiger partial charge in [0.1, 0.15) is 11.9 Å². The number of carbonyl (C=O) groups is 2. The minimum absolute atomic E-state index is 0.0118. The van der Waals surface area contributed by atoms with E-state index in [1.807, 2.05) is 0 Å². The zero-order valence-corrected chi connectivity index (χ0v) is 16.9. The molecule has 0 spiro atoms. The van der Waals surface area contributed by atoms with Gasteiger partial charge in [-0.25, -0.2) is 9.18 Å². The molecule has 1 aromatic rings. The molecule has 0 aliphatic carbocycles.